The topological polar surface area (TPSA) is 193 Å². The van der Waals surface area contributed by atoms with Gasteiger partial charge >= 0.3 is 98.7 Å². The average molecular weight is 2030 g/mol. The first-order valence-electron chi connectivity index (χ1n) is 33.5. The van der Waals surface area contributed by atoms with Crippen molar-refractivity contribution in [2.45, 2.75) is 136 Å². The van der Waals surface area contributed by atoms with Crippen LogP contribution >= 0.6 is 124 Å². The van der Waals surface area contributed by atoms with Crippen molar-refractivity contribution in [3.63, 3.8) is 0 Å². The minimum Gasteiger partial charge on any atom is -1.00 e. The third-order valence-corrected chi connectivity index (χ3v) is 24.1. The summed E-state index contributed by atoms with van der Waals surface area (Å²) < 4.78 is -1.14. The predicted molar refractivity (Wildman–Crippen MR) is 459 cm³/mol. The molecule has 0 heterocycles. The van der Waals surface area contributed by atoms with E-state index < -0.39 is 18.7 Å². The summed E-state index contributed by atoms with van der Waals surface area (Å²) in [5.41, 5.74) is 29.7. The van der Waals surface area contributed by atoms with Crippen LogP contribution < -0.4 is 59.1 Å². The average Bonchev–Trinajstić information content (AvgIpc) is 1.62. The maximum atomic E-state index is 12.2. The van der Waals surface area contributed by atoms with Crippen LogP contribution in [-0.2, 0) is 43.4 Å². The van der Waals surface area contributed by atoms with Gasteiger partial charge in [0.05, 0.1) is 10.9 Å². The van der Waals surface area contributed by atoms with Crippen LogP contribution in [0, 0.1) is 69.2 Å². The number of aryl methyl sites for hydroxylation is 11. The number of halogens is 8. The molecular formula is C85H80B2Br8CuNa2O10. The van der Waals surface area contributed by atoms with Gasteiger partial charge < -0.3 is 38.6 Å². The van der Waals surface area contributed by atoms with E-state index in [-0.39, 0.29) is 106 Å². The van der Waals surface area contributed by atoms with Gasteiger partial charge in [-0.05, 0) is 299 Å². The zero-order chi connectivity index (χ0) is 75.9. The molecule has 0 saturated carbocycles. The van der Waals surface area contributed by atoms with E-state index in [1.807, 2.05) is 191 Å². The molecule has 10 aromatic carbocycles. The molecule has 0 aliphatic heterocycles. The molecule has 555 valence electrons. The van der Waals surface area contributed by atoms with Crippen molar-refractivity contribution in [3.8, 4) is 84.4 Å². The van der Waals surface area contributed by atoms with Gasteiger partial charge in [0.15, 0.2) is 17.3 Å². The summed E-state index contributed by atoms with van der Waals surface area (Å²) in [5, 5.41) is 69.6. The van der Waals surface area contributed by atoms with Gasteiger partial charge in [0.2, 0.25) is 0 Å². The third-order valence-electron chi connectivity index (χ3n) is 19.8. The fourth-order valence-electron chi connectivity index (χ4n) is 14.1. The zero-order valence-electron chi connectivity index (χ0n) is 63.8. The molecule has 108 heavy (non-hydrogen) atoms. The Labute approximate surface area is 755 Å². The first-order valence-corrected chi connectivity index (χ1v) is 43.2. The summed E-state index contributed by atoms with van der Waals surface area (Å²) in [6, 6.07) is 50.1. The normalized spacial score (nSPS) is 16.6. The maximum Gasteiger partial charge on any atom is 1.00 e. The second-order valence-corrected chi connectivity index (χ2v) is 42.2. The van der Waals surface area contributed by atoms with Gasteiger partial charge in [-0.25, -0.2) is 0 Å². The van der Waals surface area contributed by atoms with E-state index in [0.717, 1.165) is 187 Å². The summed E-state index contributed by atoms with van der Waals surface area (Å²) in [4.78, 5) is 35.8. The number of hydrogen-bond donors (Lipinski definition) is 7. The minimum absolute atomic E-state index is 0. The monoisotopic (exact) mass is 2020 g/mol. The Hall–Kier alpha value is -3.38. The summed E-state index contributed by atoms with van der Waals surface area (Å²) in [7, 11) is 0. The minimum atomic E-state index is -0.665. The van der Waals surface area contributed by atoms with Crippen molar-refractivity contribution in [1.29, 1.82) is 0 Å². The number of phenolic OH excluding ortho intramolecular Hbond substituents is 5. The van der Waals surface area contributed by atoms with Crippen LogP contribution in [0.1, 0.15) is 147 Å². The van der Waals surface area contributed by atoms with Crippen molar-refractivity contribution in [1.82, 2.24) is 0 Å². The number of rotatable bonds is 5. The third kappa shape index (κ3) is 21.0. The molecule has 5 aliphatic carbocycles. The van der Waals surface area contributed by atoms with E-state index >= 15 is 0 Å². The Kier molecular flexibility index (Phi) is 34.0. The Morgan fingerprint density at radius 1 is 0.380 bits per heavy atom. The number of aromatic hydroxyl groups is 5. The van der Waals surface area contributed by atoms with Gasteiger partial charge in [-0.3, -0.25) is 14.4 Å². The fraction of sp³-hybridized carbons (Fsp3) is 0.259. The van der Waals surface area contributed by atoms with Crippen LogP contribution in [0.25, 0.3) is 55.6 Å². The molecule has 0 fully saturated rings. The number of ketones is 3. The number of fused-ring (bicyclic) bond motifs is 5. The van der Waals surface area contributed by atoms with Gasteiger partial charge in [-0.1, -0.05) is 187 Å². The Bertz CT molecular complexity index is 4970. The van der Waals surface area contributed by atoms with Crippen LogP contribution in [0.4, 0.5) is 0 Å². The van der Waals surface area contributed by atoms with Gasteiger partial charge in [0, 0.05) is 57.6 Å². The molecular weight excluding hydrogens is 1950 g/mol. The quantitative estimate of drug-likeness (QED) is 0.0644. The van der Waals surface area contributed by atoms with Crippen molar-refractivity contribution in [2.75, 3.05) is 0 Å². The molecule has 0 bridgehead atoms. The van der Waals surface area contributed by atoms with Crippen LogP contribution in [0.5, 0.6) is 28.7 Å². The molecule has 0 saturated heterocycles. The summed E-state index contributed by atoms with van der Waals surface area (Å²) in [6.07, 6.45) is 3.47. The molecule has 15 rings (SSSR count). The van der Waals surface area contributed by atoms with Crippen molar-refractivity contribution in [2.24, 2.45) is 0 Å². The standard InChI is InChI=1S/C17H16Br2O2.C17H14Br2O2.C17H17BrO2.C17H15BrO2.C17H16O2.2B.2BrH.Cu.2Na.2H/c2*1-9-5-12(6-10(2)15(9)20)11-3-4-14-13(7-11)8-17(18,19)16(14)21;2*1-9-5-12(6-10(2)16(9)19)11-3-4-14-13(7-11)8-15(18)17(14)20;1-10-7-14(8-11(2)17(10)19)12-3-5-15-13(9-12)4-6-16(15)18;;;;;;;;;/h3-7,16,20-21H,8H2,1-2H3;3-7,20H,8H2,1-2H3;3-7,15,17,19-20H,8H2,1-2H3;3-7,15,19H,8H2,1-2H3;3,5,7-9,19H,4,6H2,1-2H3;;;2*1H;;;;;/q;;;;;;;;;+2;2*+1;2*-1/p-2. The van der Waals surface area contributed by atoms with Crippen molar-refractivity contribution < 1.29 is 123 Å². The molecule has 23 heteroatoms. The molecule has 4 unspecified atom stereocenters. The fourth-order valence-corrected chi connectivity index (χ4v) is 17.5. The van der Waals surface area contributed by atoms with E-state index in [9.17, 15) is 50.1 Å². The SMILES string of the molecule is Cc1cc(-c2ccc3c(c2)CC(Br)(Br)C3=O)cc(C)c1O.Cc1cc(-c2ccc3c(c2)CC(Br)(Br)C3O)cc(C)c1O.Cc1cc(-c2ccc3c(c2)CC(Br)C3=O)cc(C)c1O.Cc1cc(-c2ccc3c(c2)CC(Br)C3O)cc(C)c1O.Cc1cc(-c2ccc3c(c2)CCC3=O)cc(C)c1O.[B].[B].[Br][Cu][Br].[H-].[H-].[Na+].[Na+]. The zero-order valence-corrected chi connectivity index (χ0v) is 79.5. The largest absolute Gasteiger partial charge is 1.00 e. The van der Waals surface area contributed by atoms with E-state index in [4.69, 9.17) is 0 Å². The van der Waals surface area contributed by atoms with Crippen LogP contribution in [-0.4, -0.2) is 86.0 Å². The Balaban J connectivity index is 0.000000284. The number of carbonyl (C=O) groups excluding carboxylic acids is 3. The Morgan fingerprint density at radius 3 is 1.08 bits per heavy atom. The number of hydrogen-bond acceptors (Lipinski definition) is 10. The number of aliphatic hydroxyl groups is 2. The molecule has 10 aromatic rings. The van der Waals surface area contributed by atoms with Crippen molar-refractivity contribution in [3.05, 3.63) is 263 Å². The van der Waals surface area contributed by atoms with Gasteiger partial charge in [0.25, 0.3) is 0 Å². The second kappa shape index (κ2) is 39.3. The smallest absolute Gasteiger partial charge is 1.00 e. The summed E-state index contributed by atoms with van der Waals surface area (Å²) in [6.45, 7) is 19.0. The second-order valence-electron chi connectivity index (χ2n) is 27.5. The molecule has 0 spiro atoms. The number of carbonyl (C=O) groups is 3. The van der Waals surface area contributed by atoms with Crippen molar-refractivity contribution >= 4 is 158 Å². The molecule has 5 aliphatic rings. The van der Waals surface area contributed by atoms with E-state index in [1.54, 1.807) is 0 Å². The van der Waals surface area contributed by atoms with E-state index in [0.29, 0.717) is 41.6 Å². The molecule has 4 atom stereocenters. The number of alkyl halides is 6. The van der Waals surface area contributed by atoms with Crippen LogP contribution in [0.2, 0.25) is 0 Å². The molecule has 0 amide bonds. The predicted octanol–water partition coefficient (Wildman–Crippen LogP) is 16.8. The van der Waals surface area contributed by atoms with Crippen LogP contribution in [0.3, 0.4) is 0 Å². The molecule has 0 aromatic heterocycles. The molecule has 10 nitrogen and oxygen atoms in total. The number of phenols is 5. The van der Waals surface area contributed by atoms with Gasteiger partial charge in [0.1, 0.15) is 41.3 Å². The summed E-state index contributed by atoms with van der Waals surface area (Å²) >= 11 is 28.2. The van der Waals surface area contributed by atoms with E-state index in [2.05, 4.69) is 154 Å². The first kappa shape index (κ1) is 93.5. The number of benzene rings is 10. The molecule has 6 radical (unpaired) electrons. The molecule has 7 N–H and O–H groups in total. The Morgan fingerprint density at radius 2 is 0.694 bits per heavy atom. The maximum absolute atomic E-state index is 12.2. The van der Waals surface area contributed by atoms with Crippen LogP contribution in [0.15, 0.2) is 152 Å². The summed E-state index contributed by atoms with van der Waals surface area (Å²) in [5.74, 6) is 2.27. The van der Waals surface area contributed by atoms with Gasteiger partial charge in [-0.15, -0.1) is 0 Å². The number of aliphatic hydroxyl groups excluding tert-OH is 2. The van der Waals surface area contributed by atoms with E-state index in [1.165, 1.54) is 16.9 Å². The first-order chi connectivity index (χ1) is 49.0. The number of Topliss-reactive ketones (excluding diaryl/α,β-unsaturated/α-hetero) is 3. The van der Waals surface area contributed by atoms with Gasteiger partial charge in [-0.2, -0.15) is 0 Å².